The highest BCUT2D eigenvalue weighted by Crippen LogP contribution is 2.56. The molecule has 0 atom stereocenters. The van der Waals surface area contributed by atoms with Crippen molar-refractivity contribution < 1.29 is 0 Å². The molecule has 3 aliphatic carbocycles. The van der Waals surface area contributed by atoms with Gasteiger partial charge in [-0.15, -0.1) is 11.3 Å². The van der Waals surface area contributed by atoms with E-state index in [-0.39, 0.29) is 44.6 Å². The molecule has 1 aromatic heterocycles. The molecule has 0 N–H and O–H groups in total. The first-order valence-electron chi connectivity index (χ1n) is 28.5. The summed E-state index contributed by atoms with van der Waals surface area (Å²) in [7, 11) is 0. The van der Waals surface area contributed by atoms with E-state index in [1.54, 1.807) is 0 Å². The van der Waals surface area contributed by atoms with Gasteiger partial charge in [-0.2, -0.15) is 0 Å². The van der Waals surface area contributed by atoms with Crippen molar-refractivity contribution in [2.75, 3.05) is 9.80 Å². The molecule has 2 aliphatic heterocycles. The van der Waals surface area contributed by atoms with Crippen molar-refractivity contribution in [1.82, 2.24) is 0 Å². The zero-order valence-electron chi connectivity index (χ0n) is 48.1. The summed E-state index contributed by atoms with van der Waals surface area (Å²) in [6.07, 6.45) is 7.07. The quantitative estimate of drug-likeness (QED) is 0.163. The van der Waals surface area contributed by atoms with E-state index in [2.05, 4.69) is 236 Å². The molecule has 0 saturated heterocycles. The average Bonchev–Trinajstić information content (AvgIpc) is 3.76. The standard InChI is InChI=1S/C71H79BN2S/c1-42-33-49-52(70(13,14)31-29-67(49,7)8)39-56(42)74-58-41-62-46(63-48(65(2,3)4)23-20-24-61(63)75-62)37-54(58)72-55-38-51-53(71(15,16)32-30-69(51,11)12)40-57(55)73(45-25-26-47-50(36-45)68(9,10)28-27-66(47,5)6)59-34-44(35-60(74)64(59)72)43-21-18-17-19-22-43/h17-26,33-41H,27-32H2,1-16H3. The van der Waals surface area contributed by atoms with E-state index >= 15 is 0 Å². The smallest absolute Gasteiger partial charge is 0.252 e. The Bertz CT molecular complexity index is 3740. The summed E-state index contributed by atoms with van der Waals surface area (Å²) in [5.74, 6) is 0. The van der Waals surface area contributed by atoms with Crippen molar-refractivity contribution in [3.8, 4) is 11.1 Å². The molecule has 8 aromatic rings. The van der Waals surface area contributed by atoms with Gasteiger partial charge < -0.3 is 9.80 Å². The van der Waals surface area contributed by atoms with Gasteiger partial charge in [0.05, 0.1) is 0 Å². The van der Waals surface area contributed by atoms with Crippen LogP contribution in [0.25, 0.3) is 31.3 Å². The highest BCUT2D eigenvalue weighted by Gasteiger charge is 2.49. The Hall–Kier alpha value is -5.58. The minimum Gasteiger partial charge on any atom is -0.311 e. The fourth-order valence-corrected chi connectivity index (χ4v) is 16.1. The van der Waals surface area contributed by atoms with Crippen LogP contribution in [0.15, 0.2) is 115 Å². The van der Waals surface area contributed by atoms with E-state index < -0.39 is 0 Å². The molecular formula is C71H79BN2S. The van der Waals surface area contributed by atoms with E-state index in [9.17, 15) is 0 Å². The minimum atomic E-state index is -0.0159. The zero-order valence-corrected chi connectivity index (χ0v) is 48.9. The van der Waals surface area contributed by atoms with Gasteiger partial charge >= 0.3 is 0 Å². The lowest BCUT2D eigenvalue weighted by molar-refractivity contribution is 0.332. The molecule has 382 valence electrons. The van der Waals surface area contributed by atoms with Crippen LogP contribution in [0.1, 0.15) is 187 Å². The number of aryl methyl sites for hydroxylation is 1. The first-order valence-corrected chi connectivity index (χ1v) is 29.3. The maximum atomic E-state index is 2.76. The average molecular weight is 1000 g/mol. The SMILES string of the molecule is Cc1cc2c(cc1N1c3cc4sc5cccc(C(C)(C)C)c5c4cc3B3c4cc5c(cc4N(c4ccc6c(c4)C(C)(C)CCC6(C)C)c4cc(-c6ccccc6)cc1c43)C(C)(C)CCC5(C)C)C(C)(C)CCC2(C)C. The van der Waals surface area contributed by atoms with Gasteiger partial charge in [0.2, 0.25) is 0 Å². The number of hydrogen-bond acceptors (Lipinski definition) is 3. The first-order chi connectivity index (χ1) is 35.2. The number of anilines is 6. The third-order valence-corrected chi connectivity index (χ3v) is 21.2. The molecule has 0 unspecified atom stereocenters. The van der Waals surface area contributed by atoms with Crippen LogP contribution in [0.2, 0.25) is 0 Å². The topological polar surface area (TPSA) is 6.48 Å². The van der Waals surface area contributed by atoms with Crippen LogP contribution in [0, 0.1) is 6.92 Å². The molecule has 13 rings (SSSR count). The van der Waals surface area contributed by atoms with Crippen LogP contribution in [0.5, 0.6) is 0 Å². The van der Waals surface area contributed by atoms with Crippen LogP contribution in [-0.2, 0) is 37.9 Å². The van der Waals surface area contributed by atoms with Gasteiger partial charge in [-0.3, -0.25) is 0 Å². The molecule has 3 heterocycles. The molecule has 0 radical (unpaired) electrons. The second-order valence-corrected chi connectivity index (χ2v) is 30.1. The van der Waals surface area contributed by atoms with Crippen molar-refractivity contribution in [2.45, 2.75) is 187 Å². The highest BCUT2D eigenvalue weighted by atomic mass is 32.1. The van der Waals surface area contributed by atoms with Gasteiger partial charge in [0, 0.05) is 54.3 Å². The Morgan fingerprint density at radius 3 is 1.53 bits per heavy atom. The number of benzene rings is 7. The van der Waals surface area contributed by atoms with E-state index in [0.717, 1.165) is 0 Å². The molecular weight excluding hydrogens is 924 g/mol. The second-order valence-electron chi connectivity index (χ2n) is 29.0. The predicted octanol–water partition coefficient (Wildman–Crippen LogP) is 18.5. The summed E-state index contributed by atoms with van der Waals surface area (Å²) in [5.41, 5.74) is 26.7. The second kappa shape index (κ2) is 15.8. The largest absolute Gasteiger partial charge is 0.311 e. The van der Waals surface area contributed by atoms with Crippen molar-refractivity contribution in [3.05, 3.63) is 160 Å². The van der Waals surface area contributed by atoms with Crippen molar-refractivity contribution in [2.24, 2.45) is 0 Å². The Kier molecular flexibility index (Phi) is 10.3. The monoisotopic (exact) mass is 1000 g/mol. The Balaban J connectivity index is 1.21. The summed E-state index contributed by atoms with van der Waals surface area (Å²) in [6.45, 7) is 39.4. The Labute approximate surface area is 454 Å². The third-order valence-electron chi connectivity index (χ3n) is 20.1. The Morgan fingerprint density at radius 2 is 0.933 bits per heavy atom. The van der Waals surface area contributed by atoms with Gasteiger partial charge in [-0.05, 0) is 204 Å². The molecule has 0 amide bonds. The van der Waals surface area contributed by atoms with E-state index in [1.165, 1.54) is 165 Å². The van der Waals surface area contributed by atoms with E-state index in [0.29, 0.717) is 0 Å². The summed E-state index contributed by atoms with van der Waals surface area (Å²) in [4.78, 5) is 5.50. The fraction of sp³-hybridized carbons (Fsp3) is 0.408. The van der Waals surface area contributed by atoms with Crippen LogP contribution in [0.4, 0.5) is 34.1 Å². The molecule has 5 aliphatic rings. The molecule has 0 saturated carbocycles. The highest BCUT2D eigenvalue weighted by molar-refractivity contribution is 7.26. The normalized spacial score (nSPS) is 20.0. The molecule has 0 bridgehead atoms. The van der Waals surface area contributed by atoms with Gasteiger partial charge in [-0.1, -0.05) is 171 Å². The molecule has 2 nitrogen and oxygen atoms in total. The minimum absolute atomic E-state index is 0.00841. The lowest BCUT2D eigenvalue weighted by Gasteiger charge is -2.48. The summed E-state index contributed by atoms with van der Waals surface area (Å²) < 4.78 is 2.73. The molecule has 4 heteroatoms. The number of rotatable bonds is 3. The summed E-state index contributed by atoms with van der Waals surface area (Å²) in [5, 5.41) is 2.81. The van der Waals surface area contributed by atoms with Crippen LogP contribution < -0.4 is 26.2 Å². The first kappa shape index (κ1) is 49.0. The Morgan fingerprint density at radius 1 is 0.427 bits per heavy atom. The van der Waals surface area contributed by atoms with E-state index in [1.807, 2.05) is 11.3 Å². The number of hydrogen-bond donors (Lipinski definition) is 0. The lowest BCUT2D eigenvalue weighted by Crippen LogP contribution is -2.62. The van der Waals surface area contributed by atoms with Gasteiger partial charge in [-0.25, -0.2) is 0 Å². The van der Waals surface area contributed by atoms with Crippen molar-refractivity contribution >= 4 is 88.7 Å². The number of nitrogens with zero attached hydrogens (tertiary/aromatic N) is 2. The lowest BCUT2D eigenvalue weighted by atomic mass is 9.33. The summed E-state index contributed by atoms with van der Waals surface area (Å²) >= 11 is 1.97. The molecule has 0 spiro atoms. The summed E-state index contributed by atoms with van der Waals surface area (Å²) in [6, 6.07) is 47.1. The van der Waals surface area contributed by atoms with Crippen molar-refractivity contribution in [1.29, 1.82) is 0 Å². The molecule has 75 heavy (non-hydrogen) atoms. The number of fused-ring (bicyclic) bond motifs is 10. The van der Waals surface area contributed by atoms with Crippen molar-refractivity contribution in [3.63, 3.8) is 0 Å². The van der Waals surface area contributed by atoms with Gasteiger partial charge in [0.15, 0.2) is 0 Å². The van der Waals surface area contributed by atoms with Crippen LogP contribution >= 0.6 is 11.3 Å². The fourth-order valence-electron chi connectivity index (χ4n) is 15.0. The van der Waals surface area contributed by atoms with Gasteiger partial charge in [0.1, 0.15) is 0 Å². The van der Waals surface area contributed by atoms with Gasteiger partial charge in [0.25, 0.3) is 6.71 Å². The molecule has 7 aromatic carbocycles. The van der Waals surface area contributed by atoms with E-state index in [4.69, 9.17) is 0 Å². The van der Waals surface area contributed by atoms with Crippen LogP contribution in [-0.4, -0.2) is 6.71 Å². The third kappa shape index (κ3) is 7.22. The van der Waals surface area contributed by atoms with Crippen LogP contribution in [0.3, 0.4) is 0 Å². The zero-order chi connectivity index (χ0) is 52.9. The molecule has 0 fully saturated rings. The maximum Gasteiger partial charge on any atom is 0.252 e. The maximum absolute atomic E-state index is 2.76. The number of thiophene rings is 1. The predicted molar refractivity (Wildman–Crippen MR) is 328 cm³/mol.